The van der Waals surface area contributed by atoms with Gasteiger partial charge in [-0.15, -0.1) is 0 Å². The van der Waals surface area contributed by atoms with Crippen LogP contribution in [0.1, 0.15) is 44.2 Å². The Hall–Kier alpha value is -1.07. The molecule has 1 aliphatic carbocycles. The minimum absolute atomic E-state index is 0.122. The largest absolute Gasteiger partial charge is 0.371 e. The third-order valence-electron chi connectivity index (χ3n) is 4.91. The van der Waals surface area contributed by atoms with E-state index in [0.29, 0.717) is 6.04 Å². The topological polar surface area (TPSA) is 58.4 Å². The molecule has 2 aliphatic rings. The van der Waals surface area contributed by atoms with Crippen molar-refractivity contribution in [3.8, 4) is 0 Å². The highest BCUT2D eigenvalue weighted by atomic mass is 79.9. The molecule has 1 aromatic rings. The number of amides is 1. The van der Waals surface area contributed by atoms with Gasteiger partial charge in [0, 0.05) is 28.8 Å². The Bertz CT molecular complexity index is 567. The first-order valence-corrected chi connectivity index (χ1v) is 8.39. The van der Waals surface area contributed by atoms with Crippen molar-refractivity contribution in [1.82, 2.24) is 0 Å². The summed E-state index contributed by atoms with van der Waals surface area (Å²) < 4.78 is 1.01. The molecule has 1 atom stereocenters. The minimum Gasteiger partial charge on any atom is -0.371 e. The maximum atomic E-state index is 11.7. The zero-order valence-electron chi connectivity index (χ0n) is 12.5. The molecule has 1 aromatic carbocycles. The standard InChI is InChI=1S/C16H22BrN3O/c1-9-3-5-10(6-4-9)20(2)14-8-13-11(7-12(14)17)15(18)16(21)19-13/h7-10,15H,3-6,18H2,1-2H3,(H,19,21). The van der Waals surface area contributed by atoms with Gasteiger partial charge in [-0.3, -0.25) is 4.79 Å². The highest BCUT2D eigenvalue weighted by molar-refractivity contribution is 9.10. The normalized spacial score (nSPS) is 28.2. The zero-order chi connectivity index (χ0) is 15.1. The first-order valence-electron chi connectivity index (χ1n) is 7.60. The Morgan fingerprint density at radius 2 is 1.95 bits per heavy atom. The van der Waals surface area contributed by atoms with Crippen LogP contribution in [-0.2, 0) is 4.79 Å². The SMILES string of the molecule is CC1CCC(N(C)c2cc3c(cc2Br)C(N)C(=O)N3)CC1. The molecule has 21 heavy (non-hydrogen) atoms. The summed E-state index contributed by atoms with van der Waals surface area (Å²) in [6, 6.07) is 4.05. The van der Waals surface area contributed by atoms with Crippen LogP contribution in [0.3, 0.4) is 0 Å². The van der Waals surface area contributed by atoms with Crippen molar-refractivity contribution in [2.24, 2.45) is 11.7 Å². The molecule has 5 heteroatoms. The van der Waals surface area contributed by atoms with Gasteiger partial charge in [0.25, 0.3) is 0 Å². The maximum absolute atomic E-state index is 11.7. The first kappa shape index (κ1) is 14.9. The lowest BCUT2D eigenvalue weighted by Gasteiger charge is -2.35. The van der Waals surface area contributed by atoms with E-state index < -0.39 is 6.04 Å². The average molecular weight is 352 g/mol. The Morgan fingerprint density at radius 1 is 1.29 bits per heavy atom. The van der Waals surface area contributed by atoms with Crippen LogP contribution < -0.4 is 16.0 Å². The predicted molar refractivity (Wildman–Crippen MR) is 89.5 cm³/mol. The van der Waals surface area contributed by atoms with Crippen molar-refractivity contribution < 1.29 is 4.79 Å². The number of nitrogens with zero attached hydrogens (tertiary/aromatic N) is 1. The summed E-state index contributed by atoms with van der Waals surface area (Å²) in [4.78, 5) is 14.0. The number of carbonyl (C=O) groups excluding carboxylic acids is 1. The second-order valence-electron chi connectivity index (χ2n) is 6.38. The molecule has 4 nitrogen and oxygen atoms in total. The van der Waals surface area contributed by atoms with Crippen molar-refractivity contribution in [3.05, 3.63) is 22.2 Å². The monoisotopic (exact) mass is 351 g/mol. The number of hydrogen-bond acceptors (Lipinski definition) is 3. The van der Waals surface area contributed by atoms with E-state index in [0.717, 1.165) is 27.3 Å². The van der Waals surface area contributed by atoms with Crippen LogP contribution in [0.25, 0.3) is 0 Å². The van der Waals surface area contributed by atoms with E-state index in [-0.39, 0.29) is 5.91 Å². The summed E-state index contributed by atoms with van der Waals surface area (Å²) >= 11 is 3.64. The van der Waals surface area contributed by atoms with E-state index in [1.807, 2.05) is 12.1 Å². The Morgan fingerprint density at radius 3 is 2.62 bits per heavy atom. The van der Waals surface area contributed by atoms with E-state index >= 15 is 0 Å². The van der Waals surface area contributed by atoms with Crippen molar-refractivity contribution in [3.63, 3.8) is 0 Å². The van der Waals surface area contributed by atoms with E-state index in [1.165, 1.54) is 25.7 Å². The van der Waals surface area contributed by atoms with E-state index in [2.05, 4.69) is 40.1 Å². The van der Waals surface area contributed by atoms with Crippen LogP contribution in [0.15, 0.2) is 16.6 Å². The summed E-state index contributed by atoms with van der Waals surface area (Å²) in [5.41, 5.74) is 8.75. The molecule has 114 valence electrons. The average Bonchev–Trinajstić information content (AvgIpc) is 2.73. The van der Waals surface area contributed by atoms with Crippen LogP contribution >= 0.6 is 15.9 Å². The lowest BCUT2D eigenvalue weighted by molar-refractivity contribution is -0.116. The number of fused-ring (bicyclic) bond motifs is 1. The van der Waals surface area contributed by atoms with Crippen molar-refractivity contribution in [2.75, 3.05) is 17.3 Å². The third-order valence-corrected chi connectivity index (χ3v) is 5.54. The predicted octanol–water partition coefficient (Wildman–Crippen LogP) is 3.42. The summed E-state index contributed by atoms with van der Waals surface area (Å²) in [5.74, 6) is 0.721. The number of nitrogens with two attached hydrogens (primary N) is 1. The molecular formula is C16H22BrN3O. The molecular weight excluding hydrogens is 330 g/mol. The molecule has 0 spiro atoms. The fourth-order valence-corrected chi connectivity index (χ4v) is 4.03. The van der Waals surface area contributed by atoms with Crippen molar-refractivity contribution >= 4 is 33.2 Å². The molecule has 1 aliphatic heterocycles. The van der Waals surface area contributed by atoms with Gasteiger partial charge in [-0.1, -0.05) is 6.92 Å². The van der Waals surface area contributed by atoms with E-state index in [4.69, 9.17) is 5.73 Å². The Balaban J connectivity index is 1.86. The zero-order valence-corrected chi connectivity index (χ0v) is 14.1. The third kappa shape index (κ3) is 2.69. The number of anilines is 2. The number of benzene rings is 1. The van der Waals surface area contributed by atoms with E-state index in [1.54, 1.807) is 0 Å². The number of carbonyl (C=O) groups is 1. The Labute approximate surface area is 134 Å². The van der Waals surface area contributed by atoms with Gasteiger partial charge in [0.1, 0.15) is 6.04 Å². The molecule has 0 aromatic heterocycles. The molecule has 1 fully saturated rings. The maximum Gasteiger partial charge on any atom is 0.245 e. The van der Waals surface area contributed by atoms with Gasteiger partial charge in [0.05, 0.1) is 5.69 Å². The molecule has 0 bridgehead atoms. The van der Waals surface area contributed by atoms with Gasteiger partial charge < -0.3 is 16.0 Å². The molecule has 3 rings (SSSR count). The van der Waals surface area contributed by atoms with Crippen molar-refractivity contribution in [1.29, 1.82) is 0 Å². The molecule has 1 amide bonds. The summed E-state index contributed by atoms with van der Waals surface area (Å²) in [5, 5.41) is 2.87. The van der Waals surface area contributed by atoms with Gasteiger partial charge in [0.2, 0.25) is 5.91 Å². The fourth-order valence-electron chi connectivity index (χ4n) is 3.39. The summed E-state index contributed by atoms with van der Waals surface area (Å²) in [6.45, 7) is 2.33. The molecule has 0 saturated heterocycles. The quantitative estimate of drug-likeness (QED) is 0.858. The molecule has 1 saturated carbocycles. The van der Waals surface area contributed by atoms with Crippen LogP contribution in [0.2, 0.25) is 0 Å². The summed E-state index contributed by atoms with van der Waals surface area (Å²) in [6.07, 6.45) is 5.04. The van der Waals surface area contributed by atoms with Gasteiger partial charge in [-0.05, 0) is 59.7 Å². The molecule has 1 heterocycles. The number of nitrogens with one attached hydrogen (secondary N) is 1. The van der Waals surface area contributed by atoms with Crippen LogP contribution in [0.5, 0.6) is 0 Å². The number of rotatable bonds is 2. The highest BCUT2D eigenvalue weighted by Gasteiger charge is 2.30. The van der Waals surface area contributed by atoms with Crippen molar-refractivity contribution in [2.45, 2.75) is 44.7 Å². The highest BCUT2D eigenvalue weighted by Crippen LogP contribution is 2.40. The van der Waals surface area contributed by atoms with Gasteiger partial charge in [0.15, 0.2) is 0 Å². The number of halogens is 1. The molecule has 1 unspecified atom stereocenters. The molecule has 3 N–H and O–H groups in total. The smallest absolute Gasteiger partial charge is 0.245 e. The second-order valence-corrected chi connectivity index (χ2v) is 7.24. The van der Waals surface area contributed by atoms with Gasteiger partial charge in [-0.25, -0.2) is 0 Å². The lowest BCUT2D eigenvalue weighted by atomic mass is 9.86. The second kappa shape index (κ2) is 5.61. The lowest BCUT2D eigenvalue weighted by Crippen LogP contribution is -2.35. The Kier molecular flexibility index (Phi) is 3.97. The van der Waals surface area contributed by atoms with Crippen LogP contribution in [0.4, 0.5) is 11.4 Å². The van der Waals surface area contributed by atoms with E-state index in [9.17, 15) is 4.79 Å². The van der Waals surface area contributed by atoms with Gasteiger partial charge in [-0.2, -0.15) is 0 Å². The first-order chi connectivity index (χ1) is 9.97. The van der Waals surface area contributed by atoms with Crippen LogP contribution in [-0.4, -0.2) is 19.0 Å². The van der Waals surface area contributed by atoms with Crippen LogP contribution in [0, 0.1) is 5.92 Å². The fraction of sp³-hybridized carbons (Fsp3) is 0.562. The van der Waals surface area contributed by atoms with Gasteiger partial charge >= 0.3 is 0 Å². The minimum atomic E-state index is -0.550. The molecule has 0 radical (unpaired) electrons. The number of hydrogen-bond donors (Lipinski definition) is 2. The summed E-state index contributed by atoms with van der Waals surface area (Å²) in [7, 11) is 2.14.